The van der Waals surface area contributed by atoms with E-state index in [1.807, 2.05) is 13.8 Å². The highest BCUT2D eigenvalue weighted by atomic mass is 32.1. The Balaban J connectivity index is 2.30. The molecule has 1 aromatic carbocycles. The first-order valence-corrected chi connectivity index (χ1v) is 6.65. The molecule has 0 atom stereocenters. The number of aromatic hydroxyl groups is 1. The van der Waals surface area contributed by atoms with E-state index in [2.05, 4.69) is 11.4 Å². The minimum Gasteiger partial charge on any atom is -0.506 e. The molecule has 0 aliphatic rings. The van der Waals surface area contributed by atoms with E-state index in [0.29, 0.717) is 10.6 Å². The topological polar surface area (TPSA) is 99.1 Å². The van der Waals surface area contributed by atoms with E-state index >= 15 is 0 Å². The second kappa shape index (κ2) is 5.23. The summed E-state index contributed by atoms with van der Waals surface area (Å²) < 4.78 is 0. The number of nitriles is 1. The number of hydrogen-bond donors (Lipinski definition) is 3. The fourth-order valence-corrected chi connectivity index (χ4v) is 2.72. The summed E-state index contributed by atoms with van der Waals surface area (Å²) in [5.74, 6) is -0.533. The maximum absolute atomic E-state index is 12.1. The Morgan fingerprint density at radius 3 is 2.75 bits per heavy atom. The fourth-order valence-electron chi connectivity index (χ4n) is 1.71. The van der Waals surface area contributed by atoms with Gasteiger partial charge in [0.15, 0.2) is 0 Å². The average molecular weight is 287 g/mol. The van der Waals surface area contributed by atoms with Crippen LogP contribution >= 0.6 is 11.3 Å². The van der Waals surface area contributed by atoms with Gasteiger partial charge in [-0.3, -0.25) is 4.79 Å². The number of amides is 1. The third-order valence-electron chi connectivity index (χ3n) is 3.02. The summed E-state index contributed by atoms with van der Waals surface area (Å²) in [6, 6.07) is 6.36. The standard InChI is InChI=1S/C14H13N3O2S/c1-7-8(2)20-14(10(7)6-15)17-13(19)9-3-4-11(16)12(18)5-9/h3-5,18H,16H2,1-2H3,(H,17,19). The molecular weight excluding hydrogens is 274 g/mol. The first-order chi connectivity index (χ1) is 9.43. The van der Waals surface area contributed by atoms with Gasteiger partial charge >= 0.3 is 0 Å². The lowest BCUT2D eigenvalue weighted by Gasteiger charge is -2.05. The lowest BCUT2D eigenvalue weighted by molar-refractivity contribution is 0.102. The molecule has 102 valence electrons. The van der Waals surface area contributed by atoms with Crippen molar-refractivity contribution in [3.63, 3.8) is 0 Å². The van der Waals surface area contributed by atoms with Crippen LogP contribution in [0.2, 0.25) is 0 Å². The highest BCUT2D eigenvalue weighted by Crippen LogP contribution is 2.32. The van der Waals surface area contributed by atoms with Gasteiger partial charge in [-0.2, -0.15) is 5.26 Å². The van der Waals surface area contributed by atoms with Crippen LogP contribution in [-0.4, -0.2) is 11.0 Å². The quantitative estimate of drug-likeness (QED) is 0.584. The number of thiophene rings is 1. The molecule has 0 saturated carbocycles. The molecule has 4 N–H and O–H groups in total. The molecule has 1 heterocycles. The monoisotopic (exact) mass is 287 g/mol. The molecule has 0 radical (unpaired) electrons. The number of carbonyl (C=O) groups excluding carboxylic acids is 1. The lowest BCUT2D eigenvalue weighted by Crippen LogP contribution is -2.11. The summed E-state index contributed by atoms with van der Waals surface area (Å²) in [4.78, 5) is 13.1. The number of anilines is 2. The number of nitrogens with zero attached hydrogens (tertiary/aromatic N) is 1. The van der Waals surface area contributed by atoms with Crippen molar-refractivity contribution in [1.82, 2.24) is 0 Å². The van der Waals surface area contributed by atoms with E-state index in [4.69, 9.17) is 11.0 Å². The van der Waals surface area contributed by atoms with Gasteiger partial charge in [-0.05, 0) is 37.6 Å². The van der Waals surface area contributed by atoms with Gasteiger partial charge in [-0.25, -0.2) is 0 Å². The van der Waals surface area contributed by atoms with Crippen LogP contribution in [-0.2, 0) is 0 Å². The fraction of sp³-hybridized carbons (Fsp3) is 0.143. The minimum atomic E-state index is -0.391. The van der Waals surface area contributed by atoms with Crippen LogP contribution in [0.15, 0.2) is 18.2 Å². The van der Waals surface area contributed by atoms with Crippen LogP contribution in [0.3, 0.4) is 0 Å². The molecule has 2 rings (SSSR count). The number of aryl methyl sites for hydroxylation is 1. The van der Waals surface area contributed by atoms with E-state index < -0.39 is 5.91 Å². The van der Waals surface area contributed by atoms with Crippen molar-refractivity contribution in [2.45, 2.75) is 13.8 Å². The summed E-state index contributed by atoms with van der Waals surface area (Å²) in [5, 5.41) is 21.8. The van der Waals surface area contributed by atoms with Crippen molar-refractivity contribution in [2.75, 3.05) is 11.1 Å². The second-order valence-corrected chi connectivity index (χ2v) is 5.55. The maximum Gasteiger partial charge on any atom is 0.256 e. The minimum absolute atomic E-state index is 0.142. The van der Waals surface area contributed by atoms with Crippen LogP contribution < -0.4 is 11.1 Å². The molecular formula is C14H13N3O2S. The maximum atomic E-state index is 12.1. The Labute approximate surface area is 120 Å². The van der Waals surface area contributed by atoms with Crippen LogP contribution in [0.1, 0.15) is 26.4 Å². The molecule has 0 fully saturated rings. The number of nitrogens with two attached hydrogens (primary N) is 1. The lowest BCUT2D eigenvalue weighted by atomic mass is 10.1. The molecule has 6 heteroatoms. The number of carbonyl (C=O) groups is 1. The van der Waals surface area contributed by atoms with Gasteiger partial charge in [0.05, 0.1) is 11.3 Å². The zero-order chi connectivity index (χ0) is 14.9. The van der Waals surface area contributed by atoms with Gasteiger partial charge in [0.2, 0.25) is 0 Å². The summed E-state index contributed by atoms with van der Waals surface area (Å²) in [5.41, 5.74) is 7.32. The summed E-state index contributed by atoms with van der Waals surface area (Å²) in [6.45, 7) is 3.74. The average Bonchev–Trinajstić information content (AvgIpc) is 2.67. The van der Waals surface area contributed by atoms with Gasteiger partial charge in [0.1, 0.15) is 16.8 Å². The molecule has 5 nitrogen and oxygen atoms in total. The third kappa shape index (κ3) is 2.44. The molecule has 1 amide bonds. The molecule has 0 unspecified atom stereocenters. The SMILES string of the molecule is Cc1sc(NC(=O)c2ccc(N)c(O)c2)c(C#N)c1C. The van der Waals surface area contributed by atoms with E-state index in [0.717, 1.165) is 10.4 Å². The third-order valence-corrected chi connectivity index (χ3v) is 4.14. The number of phenols is 1. The van der Waals surface area contributed by atoms with Crippen molar-refractivity contribution in [1.29, 1.82) is 5.26 Å². The molecule has 0 aliphatic heterocycles. The Hall–Kier alpha value is -2.52. The molecule has 0 saturated heterocycles. The molecule has 0 spiro atoms. The summed E-state index contributed by atoms with van der Waals surface area (Å²) in [7, 11) is 0. The first kappa shape index (κ1) is 13.9. The molecule has 2 aromatic rings. The van der Waals surface area contributed by atoms with Gasteiger partial charge in [-0.15, -0.1) is 11.3 Å². The van der Waals surface area contributed by atoms with Crippen molar-refractivity contribution >= 4 is 27.9 Å². The van der Waals surface area contributed by atoms with Gasteiger partial charge in [0, 0.05) is 10.4 Å². The summed E-state index contributed by atoms with van der Waals surface area (Å²) >= 11 is 1.35. The molecule has 1 aromatic heterocycles. The van der Waals surface area contributed by atoms with Gasteiger partial charge in [-0.1, -0.05) is 0 Å². The van der Waals surface area contributed by atoms with Crippen LogP contribution in [0, 0.1) is 25.2 Å². The Kier molecular flexibility index (Phi) is 3.63. The smallest absolute Gasteiger partial charge is 0.256 e. The number of hydrogen-bond acceptors (Lipinski definition) is 5. The van der Waals surface area contributed by atoms with Crippen molar-refractivity contribution < 1.29 is 9.90 Å². The van der Waals surface area contributed by atoms with Crippen LogP contribution in [0.25, 0.3) is 0 Å². The largest absolute Gasteiger partial charge is 0.506 e. The zero-order valence-corrected chi connectivity index (χ0v) is 11.8. The van der Waals surface area contributed by atoms with Crippen molar-refractivity contribution in [2.24, 2.45) is 0 Å². The highest BCUT2D eigenvalue weighted by molar-refractivity contribution is 7.16. The number of phenolic OH excluding ortho intramolecular Hbond substituents is 1. The van der Waals surface area contributed by atoms with E-state index in [1.54, 1.807) is 0 Å². The highest BCUT2D eigenvalue weighted by Gasteiger charge is 2.16. The van der Waals surface area contributed by atoms with Crippen LogP contribution in [0.4, 0.5) is 10.7 Å². The summed E-state index contributed by atoms with van der Waals surface area (Å²) in [6.07, 6.45) is 0. The zero-order valence-electron chi connectivity index (χ0n) is 11.0. The predicted octanol–water partition coefficient (Wildman–Crippen LogP) is 2.78. The van der Waals surface area contributed by atoms with Gasteiger partial charge < -0.3 is 16.2 Å². The normalized spacial score (nSPS) is 10.1. The van der Waals surface area contributed by atoms with Crippen LogP contribution in [0.5, 0.6) is 5.75 Å². The molecule has 0 bridgehead atoms. The van der Waals surface area contributed by atoms with E-state index in [-0.39, 0.29) is 17.0 Å². The number of rotatable bonds is 2. The van der Waals surface area contributed by atoms with E-state index in [1.165, 1.54) is 29.5 Å². The second-order valence-electron chi connectivity index (χ2n) is 4.33. The molecule has 20 heavy (non-hydrogen) atoms. The molecule has 0 aliphatic carbocycles. The number of nitrogens with one attached hydrogen (secondary N) is 1. The van der Waals surface area contributed by atoms with E-state index in [9.17, 15) is 9.90 Å². The first-order valence-electron chi connectivity index (χ1n) is 5.84. The van der Waals surface area contributed by atoms with Crippen molar-refractivity contribution in [3.05, 3.63) is 39.8 Å². The number of nitrogen functional groups attached to an aromatic ring is 1. The predicted molar refractivity (Wildman–Crippen MR) is 79.0 cm³/mol. The Morgan fingerprint density at radius 1 is 1.45 bits per heavy atom. The van der Waals surface area contributed by atoms with Gasteiger partial charge in [0.25, 0.3) is 5.91 Å². The Morgan fingerprint density at radius 2 is 2.15 bits per heavy atom. The Bertz CT molecular complexity index is 729. The van der Waals surface area contributed by atoms with Crippen molar-refractivity contribution in [3.8, 4) is 11.8 Å². The number of benzene rings is 1.